The average Bonchev–Trinajstić information content (AvgIpc) is 2.46. The van der Waals surface area contributed by atoms with Gasteiger partial charge in [-0.25, -0.2) is 4.98 Å². The van der Waals surface area contributed by atoms with Crippen LogP contribution in [-0.2, 0) is 0 Å². The lowest BCUT2D eigenvalue weighted by atomic mass is 9.77. The third-order valence-corrected chi connectivity index (χ3v) is 5.32. The van der Waals surface area contributed by atoms with Crippen LogP contribution in [0.5, 0.6) is 0 Å². The Morgan fingerprint density at radius 2 is 2.19 bits per heavy atom. The molecule has 1 aliphatic carbocycles. The van der Waals surface area contributed by atoms with E-state index in [4.69, 9.17) is 0 Å². The van der Waals surface area contributed by atoms with Crippen molar-refractivity contribution in [3.05, 3.63) is 26.3 Å². The smallest absolute Gasteiger partial charge is 0.291 e. The van der Waals surface area contributed by atoms with E-state index in [9.17, 15) is 15.2 Å². The molecule has 1 saturated carbocycles. The molecule has 1 fully saturated rings. The first kappa shape index (κ1) is 16.2. The van der Waals surface area contributed by atoms with Gasteiger partial charge < -0.3 is 10.4 Å². The summed E-state index contributed by atoms with van der Waals surface area (Å²) >= 11 is 3.38. The molecule has 0 atom stereocenters. The van der Waals surface area contributed by atoms with Crippen LogP contribution in [0.4, 0.5) is 11.5 Å². The molecule has 0 saturated heterocycles. The summed E-state index contributed by atoms with van der Waals surface area (Å²) in [5.41, 5.74) is 0.141. The Morgan fingerprint density at radius 1 is 1.57 bits per heavy atom. The number of nitrogens with zero attached hydrogens (tertiary/aromatic N) is 2. The van der Waals surface area contributed by atoms with Crippen LogP contribution in [0.2, 0.25) is 0 Å². The minimum absolute atomic E-state index is 0.0114. The maximum absolute atomic E-state index is 10.9. The molecule has 0 amide bonds. The first-order valence-electron chi connectivity index (χ1n) is 7.07. The normalized spacial score (nSPS) is 25.6. The molecule has 0 bridgehead atoms. The Labute approximate surface area is 132 Å². The van der Waals surface area contributed by atoms with E-state index in [1.54, 1.807) is 6.92 Å². The third-order valence-electron chi connectivity index (χ3n) is 4.35. The third kappa shape index (κ3) is 3.35. The maximum atomic E-state index is 10.9. The van der Waals surface area contributed by atoms with E-state index in [1.165, 1.54) is 6.20 Å². The Balaban J connectivity index is 2.26. The van der Waals surface area contributed by atoms with Gasteiger partial charge >= 0.3 is 0 Å². The summed E-state index contributed by atoms with van der Waals surface area (Å²) in [6.45, 7) is 3.93. The molecule has 2 N–H and O–H groups in total. The Morgan fingerprint density at radius 3 is 2.71 bits per heavy atom. The lowest BCUT2D eigenvalue weighted by molar-refractivity contribution is -0.385. The molecule has 21 heavy (non-hydrogen) atoms. The van der Waals surface area contributed by atoms with Crippen molar-refractivity contribution in [1.82, 2.24) is 4.98 Å². The molecule has 116 valence electrons. The fourth-order valence-electron chi connectivity index (χ4n) is 2.73. The fraction of sp³-hybridized carbons (Fsp3) is 0.643. The highest BCUT2D eigenvalue weighted by Gasteiger charge is 2.34. The molecule has 0 unspecified atom stereocenters. The lowest BCUT2D eigenvalue weighted by Crippen LogP contribution is -2.45. The number of halogens is 1. The highest BCUT2D eigenvalue weighted by atomic mass is 79.9. The number of hydrogen-bond donors (Lipinski definition) is 2. The Kier molecular flexibility index (Phi) is 4.83. The van der Waals surface area contributed by atoms with Crippen molar-refractivity contribution >= 4 is 27.4 Å². The van der Waals surface area contributed by atoms with Gasteiger partial charge in [0.15, 0.2) is 0 Å². The minimum atomic E-state index is -0.443. The van der Waals surface area contributed by atoms with Crippen LogP contribution in [0, 0.1) is 23.0 Å². The van der Waals surface area contributed by atoms with Crippen molar-refractivity contribution in [2.75, 3.05) is 11.9 Å². The average molecular weight is 358 g/mol. The van der Waals surface area contributed by atoms with Crippen molar-refractivity contribution in [1.29, 1.82) is 0 Å². The maximum Gasteiger partial charge on any atom is 0.291 e. The van der Waals surface area contributed by atoms with Crippen molar-refractivity contribution in [2.45, 2.75) is 45.1 Å². The Bertz CT molecular complexity index is 543. The van der Waals surface area contributed by atoms with E-state index in [0.717, 1.165) is 25.7 Å². The van der Waals surface area contributed by atoms with Crippen LogP contribution < -0.4 is 5.32 Å². The number of aromatic nitrogens is 1. The molecule has 1 aliphatic rings. The van der Waals surface area contributed by atoms with Crippen LogP contribution >= 0.6 is 15.9 Å². The van der Waals surface area contributed by atoms with E-state index in [2.05, 4.69) is 33.2 Å². The summed E-state index contributed by atoms with van der Waals surface area (Å²) in [7, 11) is 0. The predicted molar refractivity (Wildman–Crippen MR) is 84.4 cm³/mol. The van der Waals surface area contributed by atoms with Crippen molar-refractivity contribution < 1.29 is 10.0 Å². The molecular formula is C14H20BrN3O3. The number of aliphatic hydroxyl groups is 1. The van der Waals surface area contributed by atoms with Gasteiger partial charge in [-0.05, 0) is 54.5 Å². The summed E-state index contributed by atoms with van der Waals surface area (Å²) < 4.78 is 0.586. The van der Waals surface area contributed by atoms with Gasteiger partial charge in [-0.1, -0.05) is 6.92 Å². The molecule has 7 heteroatoms. The van der Waals surface area contributed by atoms with Gasteiger partial charge in [-0.2, -0.15) is 0 Å². The fourth-order valence-corrected chi connectivity index (χ4v) is 3.13. The monoisotopic (exact) mass is 357 g/mol. The quantitative estimate of drug-likeness (QED) is 0.636. The van der Waals surface area contributed by atoms with Crippen LogP contribution in [-0.4, -0.2) is 27.2 Å². The number of nitro groups is 1. The van der Waals surface area contributed by atoms with Crippen molar-refractivity contribution in [3.8, 4) is 0 Å². The van der Waals surface area contributed by atoms with Gasteiger partial charge in [0.2, 0.25) is 0 Å². The standard InChI is InChI=1S/C14H20BrN3O3/c1-9-3-5-14(8-19,6-4-9)17-13-12(15)10(2)11(7-16-13)18(20)21/h7,9,19H,3-6,8H2,1-2H3,(H,16,17). The topological polar surface area (TPSA) is 88.3 Å². The summed E-state index contributed by atoms with van der Waals surface area (Å²) in [5, 5.41) is 24.0. The largest absolute Gasteiger partial charge is 0.394 e. The van der Waals surface area contributed by atoms with Gasteiger partial charge in [0.05, 0.1) is 21.5 Å². The number of rotatable bonds is 4. The molecule has 6 nitrogen and oxygen atoms in total. The molecule has 1 aromatic heterocycles. The van der Waals surface area contributed by atoms with E-state index in [1.807, 2.05) is 0 Å². The number of anilines is 1. The molecule has 2 rings (SSSR count). The van der Waals surface area contributed by atoms with Crippen molar-refractivity contribution in [2.24, 2.45) is 5.92 Å². The van der Waals surface area contributed by atoms with Crippen LogP contribution in [0.1, 0.15) is 38.2 Å². The van der Waals surface area contributed by atoms with Crippen molar-refractivity contribution in [3.63, 3.8) is 0 Å². The van der Waals surface area contributed by atoms with Crippen LogP contribution in [0.3, 0.4) is 0 Å². The highest BCUT2D eigenvalue weighted by molar-refractivity contribution is 9.10. The number of aliphatic hydroxyl groups excluding tert-OH is 1. The SMILES string of the molecule is Cc1c([N+](=O)[O-])cnc(NC2(CO)CCC(C)CC2)c1Br. The zero-order chi connectivity index (χ0) is 15.6. The first-order chi connectivity index (χ1) is 9.88. The second-order valence-electron chi connectivity index (χ2n) is 5.93. The first-order valence-corrected chi connectivity index (χ1v) is 7.86. The minimum Gasteiger partial charge on any atom is -0.394 e. The predicted octanol–water partition coefficient (Wildman–Crippen LogP) is 3.41. The Hall–Kier alpha value is -1.21. The number of hydrogen-bond acceptors (Lipinski definition) is 5. The zero-order valence-electron chi connectivity index (χ0n) is 12.2. The lowest BCUT2D eigenvalue weighted by Gasteiger charge is -2.39. The molecule has 0 aromatic carbocycles. The van der Waals surface area contributed by atoms with Gasteiger partial charge in [0, 0.05) is 5.56 Å². The van der Waals surface area contributed by atoms with Gasteiger partial charge in [-0.15, -0.1) is 0 Å². The van der Waals surface area contributed by atoms with Gasteiger partial charge in [-0.3, -0.25) is 10.1 Å². The highest BCUT2D eigenvalue weighted by Crippen LogP contribution is 2.37. The summed E-state index contributed by atoms with van der Waals surface area (Å²) in [4.78, 5) is 14.6. The second-order valence-corrected chi connectivity index (χ2v) is 6.73. The van der Waals surface area contributed by atoms with Crippen LogP contribution in [0.15, 0.2) is 10.7 Å². The summed E-state index contributed by atoms with van der Waals surface area (Å²) in [6.07, 6.45) is 5.11. The molecule has 0 spiro atoms. The molecular weight excluding hydrogens is 338 g/mol. The number of nitrogens with one attached hydrogen (secondary N) is 1. The molecule has 1 aromatic rings. The summed E-state index contributed by atoms with van der Waals surface area (Å²) in [5.74, 6) is 1.23. The molecule has 0 aliphatic heterocycles. The second kappa shape index (κ2) is 6.27. The van der Waals surface area contributed by atoms with E-state index >= 15 is 0 Å². The van der Waals surface area contributed by atoms with Gasteiger partial charge in [0.1, 0.15) is 12.0 Å². The van der Waals surface area contributed by atoms with E-state index in [-0.39, 0.29) is 17.8 Å². The van der Waals surface area contributed by atoms with E-state index < -0.39 is 4.92 Å². The zero-order valence-corrected chi connectivity index (χ0v) is 13.8. The number of pyridine rings is 1. The molecule has 0 radical (unpaired) electrons. The summed E-state index contributed by atoms with van der Waals surface area (Å²) in [6, 6.07) is 0. The molecule has 1 heterocycles. The van der Waals surface area contributed by atoms with E-state index in [0.29, 0.717) is 21.8 Å². The van der Waals surface area contributed by atoms with Gasteiger partial charge in [0.25, 0.3) is 5.69 Å². The van der Waals surface area contributed by atoms with Crippen LogP contribution in [0.25, 0.3) is 0 Å².